The van der Waals surface area contributed by atoms with E-state index in [1.54, 1.807) is 11.1 Å². The first kappa shape index (κ1) is 24.8. The number of fused-ring (bicyclic) bond motifs is 5. The topological polar surface area (TPSA) is 44.8 Å². The Morgan fingerprint density at radius 1 is 1.26 bits per heavy atom. The van der Waals surface area contributed by atoms with Crippen LogP contribution in [0, 0.1) is 28.6 Å². The lowest BCUT2D eigenvalue weighted by molar-refractivity contribution is -0.143. The second-order valence-electron chi connectivity index (χ2n) is 11.1. The fourth-order valence-electron chi connectivity index (χ4n) is 7.69. The molecule has 2 fully saturated rings. The highest BCUT2D eigenvalue weighted by Gasteiger charge is 2.57. The van der Waals surface area contributed by atoms with E-state index in [0.717, 1.165) is 68.7 Å². The summed E-state index contributed by atoms with van der Waals surface area (Å²) in [5.74, 6) is 1.30. The average molecular weight is 518 g/mol. The maximum atomic E-state index is 11.8. The minimum absolute atomic E-state index is 0.00118. The second-order valence-corrected chi connectivity index (χ2v) is 11.9. The maximum Gasteiger partial charge on any atom is 0.305 e. The van der Waals surface area contributed by atoms with Gasteiger partial charge in [0, 0.05) is 18.3 Å². The Morgan fingerprint density at radius 2 is 2.06 bits per heavy atom. The first-order valence-electron chi connectivity index (χ1n) is 14.3. The molecule has 35 heavy (non-hydrogen) atoms. The van der Waals surface area contributed by atoms with Crippen molar-refractivity contribution in [2.75, 3.05) is 6.61 Å². The summed E-state index contributed by atoms with van der Waals surface area (Å²) in [6.07, 6.45) is 14.6. The molecule has 190 valence electrons. The highest BCUT2D eigenvalue weighted by Crippen LogP contribution is 2.65. The SMILES string of the molecule is [3H][B]SO[C@H]1CC2=CC=C3C(CC[C@]4(C)C([C@@H](C)CCCC(=O)OCC)=CCC34)[C@@]2(C)[C@@H](OS[B][3H])C1. The van der Waals surface area contributed by atoms with Crippen LogP contribution in [0.15, 0.2) is 34.9 Å². The molecule has 0 N–H and O–H groups in total. The molecule has 4 aliphatic carbocycles. The molecular formula is C27H40B2O4S2. The Bertz CT molecular complexity index is 932. The summed E-state index contributed by atoms with van der Waals surface area (Å²) in [5.41, 5.74) is 4.56. The van der Waals surface area contributed by atoms with E-state index in [2.05, 4.69) is 39.0 Å². The molecule has 0 aliphatic heterocycles. The van der Waals surface area contributed by atoms with Gasteiger partial charge in [-0.25, -0.2) is 0 Å². The number of esters is 1. The van der Waals surface area contributed by atoms with E-state index < -0.39 is 0 Å². The summed E-state index contributed by atoms with van der Waals surface area (Å²) in [6.45, 7) is 9.48. The van der Waals surface area contributed by atoms with Gasteiger partial charge in [0.1, 0.15) is 0 Å². The van der Waals surface area contributed by atoms with Crippen LogP contribution >= 0.6 is 23.8 Å². The molecule has 2 radical (unpaired) electrons. The van der Waals surface area contributed by atoms with Crippen LogP contribution in [-0.4, -0.2) is 41.6 Å². The minimum atomic E-state index is -0.120. The van der Waals surface area contributed by atoms with Crippen LogP contribution in [0.1, 0.15) is 79.1 Å². The van der Waals surface area contributed by atoms with Crippen LogP contribution < -0.4 is 0 Å². The van der Waals surface area contributed by atoms with Gasteiger partial charge in [-0.15, -0.1) is 0 Å². The Kier molecular flexibility index (Phi) is 8.10. The third-order valence-corrected chi connectivity index (χ3v) is 10.2. The number of carbonyl (C=O) groups is 1. The Labute approximate surface area is 225 Å². The van der Waals surface area contributed by atoms with Crippen LogP contribution in [0.2, 0.25) is 0 Å². The van der Waals surface area contributed by atoms with E-state index in [4.69, 9.17) is 15.8 Å². The highest BCUT2D eigenvalue weighted by molar-refractivity contribution is 8.16. The number of rotatable bonds is 12. The molecule has 4 aliphatic rings. The van der Waals surface area contributed by atoms with E-state index in [9.17, 15) is 4.79 Å². The molecule has 0 saturated heterocycles. The Morgan fingerprint density at radius 3 is 2.83 bits per heavy atom. The molecule has 0 aromatic carbocycles. The molecule has 0 aromatic rings. The van der Waals surface area contributed by atoms with Crippen molar-refractivity contribution < 1.29 is 17.9 Å². The lowest BCUT2D eigenvalue weighted by Gasteiger charge is -2.57. The number of ether oxygens (including phenoxy) is 1. The summed E-state index contributed by atoms with van der Waals surface area (Å²) < 4.78 is 32.1. The van der Waals surface area contributed by atoms with E-state index in [1.165, 1.54) is 19.7 Å². The van der Waals surface area contributed by atoms with Crippen molar-refractivity contribution in [3.63, 3.8) is 0 Å². The van der Waals surface area contributed by atoms with Gasteiger partial charge < -0.3 is 13.1 Å². The molecule has 2 unspecified atom stereocenters. The van der Waals surface area contributed by atoms with Gasteiger partial charge in [0.15, 0.2) is 0 Å². The first-order valence-corrected chi connectivity index (χ1v) is 14.7. The van der Waals surface area contributed by atoms with E-state index in [-0.39, 0.29) is 29.0 Å². The normalized spacial score (nSPS) is 37.3. The van der Waals surface area contributed by atoms with Gasteiger partial charge in [0.2, 0.25) is 14.2 Å². The molecule has 0 bridgehead atoms. The largest absolute Gasteiger partial charge is 0.466 e. The average Bonchev–Trinajstić information content (AvgIpc) is 3.23. The van der Waals surface area contributed by atoms with E-state index in [1.807, 2.05) is 6.92 Å². The molecule has 4 nitrogen and oxygen atoms in total. The number of allylic oxidation sites excluding steroid dienone is 5. The zero-order valence-corrected chi connectivity index (χ0v) is 23.2. The summed E-state index contributed by atoms with van der Waals surface area (Å²) in [6, 6.07) is 0. The van der Waals surface area contributed by atoms with Gasteiger partial charge in [-0.3, -0.25) is 4.79 Å². The molecule has 7 atom stereocenters. The van der Waals surface area contributed by atoms with Gasteiger partial charge in [-0.2, -0.15) is 0 Å². The van der Waals surface area contributed by atoms with Crippen molar-refractivity contribution in [2.45, 2.75) is 91.3 Å². The lowest BCUT2D eigenvalue weighted by atomic mass is 9.49. The minimum Gasteiger partial charge on any atom is -0.466 e. The smallest absolute Gasteiger partial charge is 0.305 e. The van der Waals surface area contributed by atoms with Gasteiger partial charge in [-0.05, 0) is 71.3 Å². The predicted octanol–water partition coefficient (Wildman–Crippen LogP) is 6.08. The molecule has 8 heteroatoms. The molecule has 0 amide bonds. The molecule has 0 heterocycles. The van der Waals surface area contributed by atoms with Crippen LogP contribution in [-0.2, 0) is 17.9 Å². The van der Waals surface area contributed by atoms with Crippen LogP contribution in [0.5, 0.6) is 0 Å². The van der Waals surface area contributed by atoms with Gasteiger partial charge in [-0.1, -0.05) is 79.5 Å². The maximum absolute atomic E-state index is 11.8. The van der Waals surface area contributed by atoms with E-state index in [0.29, 0.717) is 30.8 Å². The highest BCUT2D eigenvalue weighted by atomic mass is 32.2. The van der Waals surface area contributed by atoms with Crippen LogP contribution in [0.4, 0.5) is 0 Å². The molecule has 2 saturated carbocycles. The summed E-state index contributed by atoms with van der Waals surface area (Å²) in [7, 11) is 2.49. The zero-order chi connectivity index (χ0) is 26.6. The fraction of sp³-hybridized carbons (Fsp3) is 0.741. The predicted molar refractivity (Wildman–Crippen MR) is 149 cm³/mol. The fourth-order valence-corrected chi connectivity index (χ4v) is 8.41. The number of hydrogen-bond acceptors (Lipinski definition) is 6. The monoisotopic (exact) mass is 518 g/mol. The van der Waals surface area contributed by atoms with Gasteiger partial charge >= 0.3 is 5.97 Å². The van der Waals surface area contributed by atoms with Crippen molar-refractivity contribution in [2.24, 2.45) is 28.6 Å². The van der Waals surface area contributed by atoms with Crippen molar-refractivity contribution in [1.82, 2.24) is 0 Å². The molecular weight excluding hydrogens is 474 g/mol. The summed E-state index contributed by atoms with van der Waals surface area (Å²) >= 11 is 2.20. The zero-order valence-electron chi connectivity index (χ0n) is 23.6. The first-order chi connectivity index (χ1) is 17.8. The van der Waals surface area contributed by atoms with Crippen molar-refractivity contribution in [1.29, 1.82) is 2.67 Å². The van der Waals surface area contributed by atoms with Gasteiger partial charge in [0.05, 0.1) is 18.8 Å². The second kappa shape index (κ2) is 11.4. The van der Waals surface area contributed by atoms with Crippen molar-refractivity contribution >= 4 is 43.9 Å². The Hall–Kier alpha value is -0.560. The van der Waals surface area contributed by atoms with Crippen molar-refractivity contribution in [3.8, 4) is 0 Å². The molecule has 4 rings (SSSR count). The van der Waals surface area contributed by atoms with Crippen molar-refractivity contribution in [3.05, 3.63) is 34.9 Å². The number of carbonyl (C=O) groups excluding carboxylic acids is 1. The quantitative estimate of drug-likeness (QED) is 0.135. The van der Waals surface area contributed by atoms with Gasteiger partial charge in [0.25, 0.3) is 0 Å². The molecule has 0 aromatic heterocycles. The standard InChI is InChI=1S/C27H40B2O4S2/c1-5-31-25(30)8-6-7-17(2)21-11-12-22-20-10-9-18-15-19(32-34-28)16-24(33-35-29)27(18,4)23(20)13-14-26(21,22)3/h9-11,17,19,22-24,28-29H,5-8,12-16H2,1-4H3/t17-,19-,22?,23?,24-,26+,27-/m0/s1/i28T,29T. The Balaban J connectivity index is 1.52. The molecule has 0 spiro atoms. The third-order valence-electron chi connectivity index (χ3n) is 9.46. The lowest BCUT2D eigenvalue weighted by Crippen LogP contribution is -2.52. The van der Waals surface area contributed by atoms with Crippen LogP contribution in [0.25, 0.3) is 0 Å². The summed E-state index contributed by atoms with van der Waals surface area (Å²) in [4.78, 5) is 11.8. The van der Waals surface area contributed by atoms with Crippen LogP contribution in [0.3, 0.4) is 0 Å². The third kappa shape index (κ3) is 5.11. The number of hydrogen-bond donors (Lipinski definition) is 0. The van der Waals surface area contributed by atoms with E-state index >= 15 is 0 Å². The summed E-state index contributed by atoms with van der Waals surface area (Å²) in [5, 5.41) is 0.